The number of amides is 1. The number of rotatable bonds is 6. The Kier molecular flexibility index (Phi) is 8.13. The number of nitrogens with one attached hydrogen (secondary N) is 1. The summed E-state index contributed by atoms with van der Waals surface area (Å²) >= 11 is 6.46. The first kappa shape index (κ1) is 24.4. The highest BCUT2D eigenvalue weighted by atomic mass is 32.2. The largest absolute Gasteiger partial charge is 0.479 e. The molecule has 0 bridgehead atoms. The molecule has 0 saturated carbocycles. The van der Waals surface area contributed by atoms with Crippen LogP contribution in [0.1, 0.15) is 51.3 Å². The predicted molar refractivity (Wildman–Crippen MR) is 120 cm³/mol. The fourth-order valence-electron chi connectivity index (χ4n) is 3.38. The molecule has 1 aliphatic rings. The number of carboxylic acids is 1. The van der Waals surface area contributed by atoms with Crippen molar-refractivity contribution in [3.8, 4) is 0 Å². The molecule has 3 unspecified atom stereocenters. The second kappa shape index (κ2) is 9.98. The van der Waals surface area contributed by atoms with Crippen molar-refractivity contribution in [3.63, 3.8) is 0 Å². The topological polar surface area (TPSA) is 94.1 Å². The quantitative estimate of drug-likeness (QED) is 0.614. The first-order valence-electron chi connectivity index (χ1n) is 9.67. The number of hydrogen-bond donors (Lipinski definition) is 2. The molecule has 7 nitrogen and oxygen atoms in total. The van der Waals surface area contributed by atoms with E-state index in [0.717, 1.165) is 5.56 Å². The molecule has 1 heterocycles. The van der Waals surface area contributed by atoms with Crippen molar-refractivity contribution < 1.29 is 28.9 Å². The maximum atomic E-state index is 12.3. The number of carbonyl (C=O) groups excluding carboxylic acids is 1. The molecule has 1 aliphatic heterocycles. The Morgan fingerprint density at radius 2 is 2.13 bits per heavy atom. The average Bonchev–Trinajstić information content (AvgIpc) is 3.05. The number of thioether (sulfide) groups is 1. The van der Waals surface area contributed by atoms with Gasteiger partial charge in [-0.25, -0.2) is 9.59 Å². The molecular weight excluding hydrogens is 426 g/mol. The van der Waals surface area contributed by atoms with Gasteiger partial charge in [0, 0.05) is 19.1 Å². The summed E-state index contributed by atoms with van der Waals surface area (Å²) < 4.78 is 17.2. The van der Waals surface area contributed by atoms with Gasteiger partial charge in [0.05, 0.1) is 0 Å². The second-order valence-electron chi connectivity index (χ2n) is 8.19. The number of ether oxygens (including phenoxy) is 3. The molecule has 30 heavy (non-hydrogen) atoms. The third kappa shape index (κ3) is 5.86. The lowest BCUT2D eigenvalue weighted by Crippen LogP contribution is -2.49. The summed E-state index contributed by atoms with van der Waals surface area (Å²) in [6.07, 6.45) is 0.929. The molecule has 0 spiro atoms. The van der Waals surface area contributed by atoms with Gasteiger partial charge in [0.2, 0.25) is 9.98 Å². The normalized spacial score (nSPS) is 22.2. The maximum Gasteiger partial charge on any atom is 0.407 e. The zero-order chi connectivity index (χ0) is 22.5. The highest BCUT2D eigenvalue weighted by Crippen LogP contribution is 2.45. The van der Waals surface area contributed by atoms with E-state index in [1.165, 1.54) is 11.8 Å². The minimum absolute atomic E-state index is 0.221. The van der Waals surface area contributed by atoms with Crippen molar-refractivity contribution in [2.24, 2.45) is 5.92 Å². The van der Waals surface area contributed by atoms with Crippen molar-refractivity contribution in [1.82, 2.24) is 5.32 Å². The van der Waals surface area contributed by atoms with E-state index in [0.29, 0.717) is 18.6 Å². The molecule has 1 saturated heterocycles. The van der Waals surface area contributed by atoms with Gasteiger partial charge in [0.15, 0.2) is 6.10 Å². The number of benzene rings is 1. The second-order valence-corrected chi connectivity index (χ2v) is 9.60. The van der Waals surface area contributed by atoms with Crippen LogP contribution in [0, 0.1) is 5.92 Å². The summed E-state index contributed by atoms with van der Waals surface area (Å²) in [4.78, 5) is 24.3. The lowest BCUT2D eigenvalue weighted by molar-refractivity contribution is -0.178. The smallest absolute Gasteiger partial charge is 0.407 e. The number of thiocarbonyl (C=S) groups is 1. The van der Waals surface area contributed by atoms with Gasteiger partial charge in [-0.15, -0.1) is 0 Å². The highest BCUT2D eigenvalue weighted by Gasteiger charge is 2.57. The lowest BCUT2D eigenvalue weighted by Gasteiger charge is -2.36. The van der Waals surface area contributed by atoms with Gasteiger partial charge in [-0.2, -0.15) is 0 Å². The third-order valence-corrected chi connectivity index (χ3v) is 5.84. The minimum Gasteiger partial charge on any atom is -0.479 e. The molecule has 2 N–H and O–H groups in total. The molecular formula is C21H29NO6S2. The summed E-state index contributed by atoms with van der Waals surface area (Å²) in [5.41, 5.74) is -0.751. The van der Waals surface area contributed by atoms with Crippen LogP contribution in [0.5, 0.6) is 0 Å². The summed E-state index contributed by atoms with van der Waals surface area (Å²) in [6, 6.07) is 7.19. The van der Waals surface area contributed by atoms with Crippen molar-refractivity contribution >= 4 is 40.4 Å². The Hall–Kier alpha value is -1.84. The van der Waals surface area contributed by atoms with Gasteiger partial charge in [-0.3, -0.25) is 0 Å². The van der Waals surface area contributed by atoms with Crippen LogP contribution >= 0.6 is 24.0 Å². The van der Waals surface area contributed by atoms with Gasteiger partial charge < -0.3 is 24.6 Å². The van der Waals surface area contributed by atoms with E-state index in [-0.39, 0.29) is 16.8 Å². The van der Waals surface area contributed by atoms with E-state index < -0.39 is 29.4 Å². The SMILES string of the molecule is CSC(=S)OC(c1cccc(CNC(=O)OC(C)(C)C)c1)C1(C(=O)O)OCCC1C. The molecule has 1 amide bonds. The molecule has 1 aromatic rings. The van der Waals surface area contributed by atoms with Crippen molar-refractivity contribution in [3.05, 3.63) is 35.4 Å². The Bertz CT molecular complexity index is 794. The van der Waals surface area contributed by atoms with E-state index in [2.05, 4.69) is 5.32 Å². The van der Waals surface area contributed by atoms with Crippen molar-refractivity contribution in [1.29, 1.82) is 0 Å². The molecule has 3 atom stereocenters. The monoisotopic (exact) mass is 455 g/mol. The van der Waals surface area contributed by atoms with Gasteiger partial charge in [-0.1, -0.05) is 43.0 Å². The van der Waals surface area contributed by atoms with Gasteiger partial charge in [0.25, 0.3) is 0 Å². The summed E-state index contributed by atoms with van der Waals surface area (Å²) in [6.45, 7) is 7.76. The maximum absolute atomic E-state index is 12.3. The van der Waals surface area contributed by atoms with Crippen LogP contribution in [0.4, 0.5) is 4.79 Å². The Balaban J connectivity index is 2.31. The zero-order valence-electron chi connectivity index (χ0n) is 17.9. The highest BCUT2D eigenvalue weighted by molar-refractivity contribution is 8.22. The van der Waals surface area contributed by atoms with Gasteiger partial charge >= 0.3 is 12.1 Å². The molecule has 166 valence electrons. The summed E-state index contributed by atoms with van der Waals surface area (Å²) in [7, 11) is 0. The van der Waals surface area contributed by atoms with E-state index in [4.69, 9.17) is 26.4 Å². The lowest BCUT2D eigenvalue weighted by atomic mass is 9.80. The predicted octanol–water partition coefficient (Wildman–Crippen LogP) is 4.30. The molecule has 2 rings (SSSR count). The van der Waals surface area contributed by atoms with Crippen LogP contribution in [0.25, 0.3) is 0 Å². The minimum atomic E-state index is -1.54. The number of hydrogen-bond acceptors (Lipinski definition) is 7. The van der Waals surface area contributed by atoms with E-state index >= 15 is 0 Å². The molecule has 9 heteroatoms. The van der Waals surface area contributed by atoms with Crippen LogP contribution in [-0.4, -0.2) is 45.6 Å². The average molecular weight is 456 g/mol. The Morgan fingerprint density at radius 3 is 2.67 bits per heavy atom. The zero-order valence-corrected chi connectivity index (χ0v) is 19.5. The first-order chi connectivity index (χ1) is 14.0. The van der Waals surface area contributed by atoms with E-state index in [1.54, 1.807) is 45.2 Å². The van der Waals surface area contributed by atoms with Crippen LogP contribution in [-0.2, 0) is 25.5 Å². The number of carboxylic acid groups (broad SMARTS) is 1. The summed E-state index contributed by atoms with van der Waals surface area (Å²) in [5, 5.41) is 12.8. The Labute approximate surface area is 186 Å². The number of alkyl carbamates (subject to hydrolysis) is 1. The fraction of sp³-hybridized carbons (Fsp3) is 0.571. The van der Waals surface area contributed by atoms with Crippen molar-refractivity contribution in [2.75, 3.05) is 12.9 Å². The van der Waals surface area contributed by atoms with Gasteiger partial charge in [0.1, 0.15) is 5.60 Å². The molecule has 0 aliphatic carbocycles. The third-order valence-electron chi connectivity index (χ3n) is 4.82. The standard InChI is InChI=1S/C21H29NO6S2/c1-13-9-10-26-21(13,17(23)24)16(27-19(29)30-5)15-8-6-7-14(11-15)12-22-18(25)28-20(2,3)4/h6-8,11,13,16H,9-10,12H2,1-5H3,(H,22,25)(H,23,24). The van der Waals surface area contributed by atoms with Crippen LogP contribution in [0.3, 0.4) is 0 Å². The van der Waals surface area contributed by atoms with E-state index in [1.807, 2.05) is 13.0 Å². The van der Waals surface area contributed by atoms with Crippen LogP contribution in [0.2, 0.25) is 0 Å². The van der Waals surface area contributed by atoms with Gasteiger partial charge in [-0.05, 0) is 56.8 Å². The molecule has 1 fully saturated rings. The van der Waals surface area contributed by atoms with E-state index in [9.17, 15) is 14.7 Å². The molecule has 1 aromatic carbocycles. The first-order valence-corrected chi connectivity index (χ1v) is 11.3. The fourth-order valence-corrected chi connectivity index (χ4v) is 3.67. The van der Waals surface area contributed by atoms with Crippen LogP contribution < -0.4 is 5.32 Å². The Morgan fingerprint density at radius 1 is 1.43 bits per heavy atom. The number of carbonyl (C=O) groups is 2. The summed E-state index contributed by atoms with van der Waals surface area (Å²) in [5.74, 6) is -1.35. The molecule has 0 aromatic heterocycles. The van der Waals surface area contributed by atoms with Crippen LogP contribution in [0.15, 0.2) is 24.3 Å². The number of aliphatic carboxylic acids is 1. The van der Waals surface area contributed by atoms with Crippen molar-refractivity contribution in [2.45, 2.75) is 58.0 Å². The molecule has 0 radical (unpaired) electrons.